The highest BCUT2D eigenvalue weighted by molar-refractivity contribution is 5.78. The fourth-order valence-corrected chi connectivity index (χ4v) is 3.80. The van der Waals surface area contributed by atoms with E-state index < -0.39 is 0 Å². The second-order valence-corrected chi connectivity index (χ2v) is 7.91. The van der Waals surface area contributed by atoms with Crippen LogP contribution < -0.4 is 0 Å². The number of ether oxygens (including phenoxy) is 1. The van der Waals surface area contributed by atoms with Crippen LogP contribution in [0, 0.1) is 23.7 Å². The van der Waals surface area contributed by atoms with Gasteiger partial charge in [0.05, 0.1) is 0 Å². The van der Waals surface area contributed by atoms with Crippen molar-refractivity contribution in [3.63, 3.8) is 0 Å². The Labute approximate surface area is 136 Å². The van der Waals surface area contributed by atoms with Crippen molar-refractivity contribution in [2.45, 2.75) is 65.7 Å². The molecule has 0 unspecified atom stereocenters. The monoisotopic (exact) mass is 309 g/mol. The Hall–Kier alpha value is -0.570. The van der Waals surface area contributed by atoms with Gasteiger partial charge in [0.2, 0.25) is 5.91 Å². The second-order valence-electron chi connectivity index (χ2n) is 7.91. The van der Waals surface area contributed by atoms with Crippen molar-refractivity contribution in [3.8, 4) is 0 Å². The van der Waals surface area contributed by atoms with Crippen LogP contribution in [0.5, 0.6) is 0 Å². The van der Waals surface area contributed by atoms with Gasteiger partial charge >= 0.3 is 0 Å². The average Bonchev–Trinajstić information content (AvgIpc) is 2.53. The maximum absolute atomic E-state index is 12.0. The summed E-state index contributed by atoms with van der Waals surface area (Å²) in [5, 5.41) is 0. The van der Waals surface area contributed by atoms with Crippen molar-refractivity contribution in [1.29, 1.82) is 0 Å². The van der Waals surface area contributed by atoms with Crippen LogP contribution in [0.25, 0.3) is 0 Å². The van der Waals surface area contributed by atoms with Crippen molar-refractivity contribution in [2.75, 3.05) is 26.3 Å². The summed E-state index contributed by atoms with van der Waals surface area (Å²) in [4.78, 5) is 14.0. The molecule has 2 fully saturated rings. The van der Waals surface area contributed by atoms with Crippen molar-refractivity contribution >= 4 is 5.91 Å². The average molecular weight is 309 g/mol. The quantitative estimate of drug-likeness (QED) is 0.691. The predicted octanol–water partition coefficient (Wildman–Crippen LogP) is 4.11. The van der Waals surface area contributed by atoms with Gasteiger partial charge in [0.15, 0.2) is 0 Å². The highest BCUT2D eigenvalue weighted by Crippen LogP contribution is 2.30. The van der Waals surface area contributed by atoms with Gasteiger partial charge in [-0.15, -0.1) is 0 Å². The molecule has 22 heavy (non-hydrogen) atoms. The number of likely N-dealkylation sites (tertiary alicyclic amines) is 1. The fraction of sp³-hybridized carbons (Fsp3) is 0.947. The summed E-state index contributed by atoms with van der Waals surface area (Å²) in [7, 11) is 0. The Bertz CT molecular complexity index is 326. The third kappa shape index (κ3) is 5.57. The normalized spacial score (nSPS) is 27.4. The molecular weight excluding hydrogens is 274 g/mol. The van der Waals surface area contributed by atoms with Crippen molar-refractivity contribution < 1.29 is 9.53 Å². The van der Waals surface area contributed by atoms with Gasteiger partial charge in [-0.05, 0) is 37.0 Å². The summed E-state index contributed by atoms with van der Waals surface area (Å²) in [5.41, 5.74) is 0. The Morgan fingerprint density at radius 3 is 2.27 bits per heavy atom. The summed E-state index contributed by atoms with van der Waals surface area (Å²) < 4.78 is 5.94. The van der Waals surface area contributed by atoms with Crippen LogP contribution in [0.4, 0.5) is 0 Å². The number of nitrogens with zero attached hydrogens (tertiary/aromatic N) is 1. The van der Waals surface area contributed by atoms with Gasteiger partial charge in [0.1, 0.15) is 0 Å². The molecule has 1 heterocycles. The standard InChI is InChI=1S/C19H35NO2/c1-15(2)19(21)20-11-8-18(9-12-20)14-22-13-10-17-6-4-16(3)5-7-17/h15-18H,4-14H2,1-3H3. The molecule has 1 amide bonds. The lowest BCUT2D eigenvalue weighted by Gasteiger charge is -2.33. The van der Waals surface area contributed by atoms with E-state index in [0.29, 0.717) is 11.8 Å². The minimum absolute atomic E-state index is 0.131. The van der Waals surface area contributed by atoms with E-state index in [0.717, 1.165) is 51.0 Å². The van der Waals surface area contributed by atoms with Crippen LogP contribution in [0.1, 0.15) is 65.7 Å². The first-order chi connectivity index (χ1) is 10.6. The minimum atomic E-state index is 0.131. The number of piperidine rings is 1. The number of hydrogen-bond donors (Lipinski definition) is 0. The van der Waals surface area contributed by atoms with Crippen LogP contribution >= 0.6 is 0 Å². The molecule has 128 valence electrons. The van der Waals surface area contributed by atoms with Crippen molar-refractivity contribution in [2.24, 2.45) is 23.7 Å². The molecule has 1 aliphatic carbocycles. The maximum atomic E-state index is 12.0. The first kappa shape index (κ1) is 17.8. The first-order valence-corrected chi connectivity index (χ1v) is 9.42. The third-order valence-electron chi connectivity index (χ3n) is 5.58. The van der Waals surface area contributed by atoms with E-state index in [1.165, 1.54) is 32.1 Å². The van der Waals surface area contributed by atoms with E-state index >= 15 is 0 Å². The van der Waals surface area contributed by atoms with Gasteiger partial charge in [0, 0.05) is 32.2 Å². The molecule has 0 aromatic carbocycles. The van der Waals surface area contributed by atoms with E-state index in [9.17, 15) is 4.79 Å². The fourth-order valence-electron chi connectivity index (χ4n) is 3.80. The highest BCUT2D eigenvalue weighted by atomic mass is 16.5. The van der Waals surface area contributed by atoms with E-state index in [2.05, 4.69) is 6.92 Å². The summed E-state index contributed by atoms with van der Waals surface area (Å²) in [6.45, 7) is 10.0. The first-order valence-electron chi connectivity index (χ1n) is 9.42. The Morgan fingerprint density at radius 2 is 1.68 bits per heavy atom. The number of hydrogen-bond acceptors (Lipinski definition) is 2. The lowest BCUT2D eigenvalue weighted by molar-refractivity contribution is -0.136. The Balaban J connectivity index is 1.53. The summed E-state index contributed by atoms with van der Waals surface area (Å²) in [6.07, 6.45) is 9.09. The van der Waals surface area contributed by atoms with Crippen LogP contribution in [-0.2, 0) is 9.53 Å². The van der Waals surface area contributed by atoms with Gasteiger partial charge in [-0.1, -0.05) is 46.5 Å². The molecule has 1 saturated heterocycles. The zero-order chi connectivity index (χ0) is 15.9. The predicted molar refractivity (Wildman–Crippen MR) is 90.7 cm³/mol. The molecule has 0 radical (unpaired) electrons. The molecule has 2 aliphatic rings. The Kier molecular flexibility index (Phi) is 7.20. The molecule has 1 aliphatic heterocycles. The minimum Gasteiger partial charge on any atom is -0.381 e. The molecule has 3 heteroatoms. The summed E-state index contributed by atoms with van der Waals surface area (Å²) in [6, 6.07) is 0. The van der Waals surface area contributed by atoms with Gasteiger partial charge in [-0.3, -0.25) is 4.79 Å². The van der Waals surface area contributed by atoms with E-state index in [1.54, 1.807) is 0 Å². The van der Waals surface area contributed by atoms with Crippen LogP contribution in [-0.4, -0.2) is 37.1 Å². The number of rotatable bonds is 6. The highest BCUT2D eigenvalue weighted by Gasteiger charge is 2.24. The zero-order valence-corrected chi connectivity index (χ0v) is 14.9. The van der Waals surface area contributed by atoms with Crippen molar-refractivity contribution in [3.05, 3.63) is 0 Å². The van der Waals surface area contributed by atoms with E-state index in [4.69, 9.17) is 4.74 Å². The molecule has 0 aromatic rings. The summed E-state index contributed by atoms with van der Waals surface area (Å²) in [5.74, 6) is 2.94. The molecule has 2 rings (SSSR count). The molecular formula is C19H35NO2. The number of carbonyl (C=O) groups is 1. The van der Waals surface area contributed by atoms with Gasteiger partial charge in [0.25, 0.3) is 0 Å². The molecule has 1 saturated carbocycles. The SMILES string of the molecule is CC1CCC(CCOCC2CCN(C(=O)C(C)C)CC2)CC1. The lowest BCUT2D eigenvalue weighted by atomic mass is 9.82. The summed E-state index contributed by atoms with van der Waals surface area (Å²) >= 11 is 0. The van der Waals surface area contributed by atoms with Crippen LogP contribution in [0.2, 0.25) is 0 Å². The molecule has 0 aromatic heterocycles. The lowest BCUT2D eigenvalue weighted by Crippen LogP contribution is -2.41. The van der Waals surface area contributed by atoms with Gasteiger partial charge in [-0.25, -0.2) is 0 Å². The number of carbonyl (C=O) groups excluding carboxylic acids is 1. The molecule has 0 atom stereocenters. The zero-order valence-electron chi connectivity index (χ0n) is 14.9. The van der Waals surface area contributed by atoms with E-state index in [-0.39, 0.29) is 5.92 Å². The van der Waals surface area contributed by atoms with Crippen LogP contribution in [0.3, 0.4) is 0 Å². The van der Waals surface area contributed by atoms with Gasteiger partial charge < -0.3 is 9.64 Å². The Morgan fingerprint density at radius 1 is 1.05 bits per heavy atom. The van der Waals surface area contributed by atoms with E-state index in [1.807, 2.05) is 18.7 Å². The molecule has 0 spiro atoms. The van der Waals surface area contributed by atoms with Crippen molar-refractivity contribution in [1.82, 2.24) is 4.90 Å². The van der Waals surface area contributed by atoms with Gasteiger partial charge in [-0.2, -0.15) is 0 Å². The molecule has 0 bridgehead atoms. The smallest absolute Gasteiger partial charge is 0.225 e. The maximum Gasteiger partial charge on any atom is 0.225 e. The molecule has 0 N–H and O–H groups in total. The third-order valence-corrected chi connectivity index (χ3v) is 5.58. The second kappa shape index (κ2) is 8.90. The largest absolute Gasteiger partial charge is 0.381 e. The van der Waals surface area contributed by atoms with Crippen LogP contribution in [0.15, 0.2) is 0 Å². The molecule has 3 nitrogen and oxygen atoms in total. The topological polar surface area (TPSA) is 29.5 Å². The number of amides is 1.